The molecule has 12 nitrogen and oxygen atoms in total. The predicted octanol–water partition coefficient (Wildman–Crippen LogP) is 0.560. The zero-order valence-electron chi connectivity index (χ0n) is 17.0. The summed E-state index contributed by atoms with van der Waals surface area (Å²) in [7, 11) is 0. The zero-order valence-corrected chi connectivity index (χ0v) is 17.0. The van der Waals surface area contributed by atoms with Gasteiger partial charge in [0, 0.05) is 5.56 Å². The Morgan fingerprint density at radius 1 is 0.853 bits per heavy atom. The third-order valence-electron chi connectivity index (χ3n) is 5.64. The molecule has 34 heavy (non-hydrogen) atoms. The minimum Gasteiger partial charge on any atom is -0.504 e. The molecule has 0 bridgehead atoms. The van der Waals surface area contributed by atoms with Crippen molar-refractivity contribution in [1.82, 2.24) is 0 Å². The molecule has 3 heterocycles. The predicted molar refractivity (Wildman–Crippen MR) is 108 cm³/mol. The van der Waals surface area contributed by atoms with Crippen molar-refractivity contribution in [3.63, 3.8) is 0 Å². The highest BCUT2D eigenvalue weighted by molar-refractivity contribution is 6.17. The van der Waals surface area contributed by atoms with Crippen LogP contribution >= 0.6 is 0 Å². The van der Waals surface area contributed by atoms with Crippen molar-refractivity contribution in [2.75, 3.05) is 6.61 Å². The third-order valence-corrected chi connectivity index (χ3v) is 5.64. The molecule has 0 amide bonds. The second kappa shape index (κ2) is 7.64. The molecule has 2 aromatic carbocycles. The van der Waals surface area contributed by atoms with Gasteiger partial charge in [-0.2, -0.15) is 0 Å². The van der Waals surface area contributed by atoms with E-state index in [0.717, 1.165) is 18.2 Å². The smallest absolute Gasteiger partial charge is 0.343 e. The second-order valence-electron chi connectivity index (χ2n) is 7.73. The van der Waals surface area contributed by atoms with E-state index in [0.29, 0.717) is 0 Å². The summed E-state index contributed by atoms with van der Waals surface area (Å²) in [5.41, 5.74) is -0.751. The van der Waals surface area contributed by atoms with Gasteiger partial charge in [0.15, 0.2) is 41.1 Å². The fourth-order valence-electron chi connectivity index (χ4n) is 3.94. The summed E-state index contributed by atoms with van der Waals surface area (Å²) in [6.07, 6.45) is -6.93. The van der Waals surface area contributed by atoms with Crippen molar-refractivity contribution in [3.05, 3.63) is 41.5 Å². The Kier molecular flexibility index (Phi) is 4.84. The number of ether oxygens (including phenoxy) is 3. The molecule has 0 spiro atoms. The van der Waals surface area contributed by atoms with E-state index in [1.807, 2.05) is 0 Å². The molecule has 0 saturated carbocycles. The van der Waals surface area contributed by atoms with Crippen LogP contribution in [0.1, 0.15) is 20.7 Å². The molecule has 2 aliphatic rings. The fraction of sp³-hybridized carbons (Fsp3) is 0.227. The molecule has 2 aliphatic heterocycles. The number of hydrogen-bond acceptors (Lipinski definition) is 12. The molecular weight excluding hydrogens is 456 g/mol. The maximum atomic E-state index is 13.4. The van der Waals surface area contributed by atoms with E-state index in [1.165, 1.54) is 12.1 Å². The molecule has 3 aromatic rings. The Morgan fingerprint density at radius 2 is 1.59 bits per heavy atom. The number of carbonyl (C=O) groups is 3. The van der Waals surface area contributed by atoms with Crippen LogP contribution in [0.2, 0.25) is 0 Å². The van der Waals surface area contributed by atoms with Gasteiger partial charge in [0.1, 0.15) is 24.0 Å². The average molecular weight is 472 g/mol. The van der Waals surface area contributed by atoms with Crippen molar-refractivity contribution in [2.45, 2.75) is 24.4 Å². The minimum absolute atomic E-state index is 0.0708. The normalized spacial score (nSPS) is 24.7. The average Bonchev–Trinajstić information content (AvgIpc) is 3.21. The number of cyclic esters (lactones) is 1. The van der Waals surface area contributed by atoms with E-state index in [-0.39, 0.29) is 33.4 Å². The maximum Gasteiger partial charge on any atom is 0.343 e. The third kappa shape index (κ3) is 3.19. The van der Waals surface area contributed by atoms with Crippen LogP contribution in [0, 0.1) is 0 Å². The van der Waals surface area contributed by atoms with Gasteiger partial charge in [0.05, 0.1) is 10.9 Å². The van der Waals surface area contributed by atoms with E-state index >= 15 is 0 Å². The summed E-state index contributed by atoms with van der Waals surface area (Å²) in [6, 6.07) is 5.84. The fourth-order valence-corrected chi connectivity index (χ4v) is 3.94. The molecule has 1 fully saturated rings. The number of furan rings is 1. The summed E-state index contributed by atoms with van der Waals surface area (Å²) in [6.45, 7) is -0.597. The van der Waals surface area contributed by atoms with Crippen molar-refractivity contribution >= 4 is 28.9 Å². The quantitative estimate of drug-likeness (QED) is 0.188. The first kappa shape index (κ1) is 21.6. The number of carbonyl (C=O) groups excluding carboxylic acids is 3. The first-order valence-corrected chi connectivity index (χ1v) is 9.93. The summed E-state index contributed by atoms with van der Waals surface area (Å²) in [4.78, 5) is 38.0. The van der Waals surface area contributed by atoms with Crippen molar-refractivity contribution in [3.8, 4) is 28.6 Å². The number of hydrogen-bond donors (Lipinski definition) is 5. The number of aliphatic hydroxyl groups is 2. The lowest BCUT2D eigenvalue weighted by Gasteiger charge is -2.36. The minimum atomic E-state index is -2.01. The molecule has 0 aliphatic carbocycles. The van der Waals surface area contributed by atoms with Crippen molar-refractivity contribution in [1.29, 1.82) is 0 Å². The Labute approximate surface area is 189 Å². The molecule has 12 heteroatoms. The van der Waals surface area contributed by atoms with E-state index in [4.69, 9.17) is 18.6 Å². The lowest BCUT2D eigenvalue weighted by Crippen LogP contribution is -2.58. The van der Waals surface area contributed by atoms with Crippen molar-refractivity contribution < 1.29 is 58.5 Å². The summed E-state index contributed by atoms with van der Waals surface area (Å²) in [5, 5.41) is 49.9. The van der Waals surface area contributed by atoms with Crippen LogP contribution in [-0.4, -0.2) is 74.5 Å². The van der Waals surface area contributed by atoms with Gasteiger partial charge in [-0.1, -0.05) is 0 Å². The van der Waals surface area contributed by atoms with Gasteiger partial charge in [-0.3, -0.25) is 0 Å². The molecule has 1 saturated heterocycles. The van der Waals surface area contributed by atoms with Crippen LogP contribution in [0.15, 0.2) is 34.7 Å². The van der Waals surface area contributed by atoms with Crippen LogP contribution < -0.4 is 0 Å². The molecule has 0 unspecified atom stereocenters. The number of esters is 3. The van der Waals surface area contributed by atoms with Crippen LogP contribution in [0.4, 0.5) is 0 Å². The van der Waals surface area contributed by atoms with Gasteiger partial charge in [-0.15, -0.1) is 0 Å². The second-order valence-corrected chi connectivity index (χ2v) is 7.73. The van der Waals surface area contributed by atoms with Gasteiger partial charge in [-0.25, -0.2) is 14.4 Å². The molecule has 1 aromatic heterocycles. The first-order chi connectivity index (χ1) is 16.2. The molecule has 0 radical (unpaired) electrons. The van der Waals surface area contributed by atoms with E-state index < -0.39 is 66.2 Å². The molecule has 176 valence electrons. The molecular formula is C22H16O12. The Morgan fingerprint density at radius 3 is 2.32 bits per heavy atom. The number of aromatic hydroxyl groups is 3. The van der Waals surface area contributed by atoms with E-state index in [9.17, 15) is 39.9 Å². The number of benzene rings is 2. The zero-order chi connectivity index (χ0) is 24.3. The van der Waals surface area contributed by atoms with E-state index in [2.05, 4.69) is 0 Å². The Balaban J connectivity index is 1.75. The monoisotopic (exact) mass is 472 g/mol. The van der Waals surface area contributed by atoms with Gasteiger partial charge < -0.3 is 44.2 Å². The van der Waals surface area contributed by atoms with Gasteiger partial charge >= 0.3 is 17.9 Å². The Hall–Kier alpha value is -4.29. The summed E-state index contributed by atoms with van der Waals surface area (Å²) >= 11 is 0. The van der Waals surface area contributed by atoms with Gasteiger partial charge in [-0.05, 0) is 30.3 Å². The van der Waals surface area contributed by atoms with Crippen LogP contribution in [0.3, 0.4) is 0 Å². The standard InChI is InChI=1S/C22H16O12/c23-9-3-1-7(5-11(9)25)17-14-13-8(2-4-10(24)18(13)33-17)20(28)31-6-12-19(34-21(14)29)15(26)16(27)22(30)32-12/h1-5,12,15-16,19,23-27H,6H2/t12-,15-,16-,19-/m0/s1. The SMILES string of the molecule is O=C1OC[C@@H]2OC(=O)[C@@H](O)[C@H](O)[C@H]2OC(=O)c2c(-c3ccc(O)c(O)c3)oc3c(O)ccc1c23. The van der Waals surface area contributed by atoms with Gasteiger partial charge in [0.2, 0.25) is 0 Å². The number of fused-ring (bicyclic) bond motifs is 1. The maximum absolute atomic E-state index is 13.4. The van der Waals surface area contributed by atoms with Gasteiger partial charge in [0.25, 0.3) is 0 Å². The Bertz CT molecular complexity index is 1360. The highest BCUT2D eigenvalue weighted by Gasteiger charge is 2.48. The molecule has 4 atom stereocenters. The topological polar surface area (TPSA) is 193 Å². The highest BCUT2D eigenvalue weighted by atomic mass is 16.6. The summed E-state index contributed by atoms with van der Waals surface area (Å²) in [5.74, 6) is -4.96. The number of rotatable bonds is 1. The molecule has 5 N–H and O–H groups in total. The van der Waals surface area contributed by atoms with Crippen molar-refractivity contribution in [2.24, 2.45) is 0 Å². The molecule has 5 rings (SSSR count). The van der Waals surface area contributed by atoms with Crippen LogP contribution in [0.5, 0.6) is 17.2 Å². The van der Waals surface area contributed by atoms with Crippen LogP contribution in [-0.2, 0) is 19.0 Å². The largest absolute Gasteiger partial charge is 0.504 e. The van der Waals surface area contributed by atoms with E-state index in [1.54, 1.807) is 0 Å². The first-order valence-electron chi connectivity index (χ1n) is 9.93. The number of aliphatic hydroxyl groups excluding tert-OH is 2. The summed E-state index contributed by atoms with van der Waals surface area (Å²) < 4.78 is 21.2. The highest BCUT2D eigenvalue weighted by Crippen LogP contribution is 2.42. The number of phenolic OH excluding ortho intramolecular Hbond substituents is 3. The number of phenols is 3. The lowest BCUT2D eigenvalue weighted by molar-refractivity contribution is -0.207. The van der Waals surface area contributed by atoms with Crippen LogP contribution in [0.25, 0.3) is 22.3 Å². The lowest BCUT2D eigenvalue weighted by atomic mass is 9.98.